The first-order valence-corrected chi connectivity index (χ1v) is 11.5. The third kappa shape index (κ3) is 5.49. The molecule has 1 aliphatic heterocycles. The molecule has 0 saturated heterocycles. The largest absolute Gasteiger partial charge is 0.493 e. The van der Waals surface area contributed by atoms with E-state index in [1.165, 1.54) is 45.7 Å². The number of urea groups is 1. The molecular weight excluding hydrogens is 500 g/mol. The van der Waals surface area contributed by atoms with Gasteiger partial charge in [-0.2, -0.15) is 0 Å². The first-order valence-electron chi connectivity index (χ1n) is 11.5. The van der Waals surface area contributed by atoms with Crippen molar-refractivity contribution in [2.45, 2.75) is 19.1 Å². The lowest BCUT2D eigenvalue weighted by atomic mass is 10.1. The molecule has 198 valence electrons. The number of carbonyl (C=O) groups is 1. The summed E-state index contributed by atoms with van der Waals surface area (Å²) in [6.07, 6.45) is 3.53. The zero-order chi connectivity index (χ0) is 27.2. The van der Waals surface area contributed by atoms with Crippen LogP contribution in [0.1, 0.15) is 35.1 Å². The number of nitrogens with zero attached hydrogens (tertiary/aromatic N) is 4. The molecule has 10 nitrogen and oxygen atoms in total. The molecule has 3 heterocycles. The number of ether oxygens (including phenoxy) is 4. The summed E-state index contributed by atoms with van der Waals surface area (Å²) in [5, 5.41) is 2.64. The third-order valence-corrected chi connectivity index (χ3v) is 5.75. The lowest BCUT2D eigenvalue weighted by Gasteiger charge is -2.29. The summed E-state index contributed by atoms with van der Waals surface area (Å²) in [4.78, 5) is 27.3. The van der Waals surface area contributed by atoms with Crippen molar-refractivity contribution in [1.82, 2.24) is 15.0 Å². The Morgan fingerprint density at radius 3 is 2.29 bits per heavy atom. The lowest BCUT2D eigenvalue weighted by molar-refractivity contribution is -0.108. The number of methoxy groups -OCH3 is 4. The Kier molecular flexibility index (Phi) is 8.30. The van der Waals surface area contributed by atoms with Gasteiger partial charge < -0.3 is 18.9 Å². The van der Waals surface area contributed by atoms with Crippen molar-refractivity contribution in [2.75, 3.05) is 45.2 Å². The monoisotopic (exact) mass is 525 g/mol. The SMILES string of the molecule is COc1cc(OC)c(F)c(C#Cc2cnc(NC(=O)N3CCCc4ccc(C(OC)OC)nc43)nc2)c1F. The van der Waals surface area contributed by atoms with Crippen LogP contribution >= 0.6 is 0 Å². The number of hydrogen-bond donors (Lipinski definition) is 1. The molecule has 3 aromatic rings. The Labute approximate surface area is 217 Å². The van der Waals surface area contributed by atoms with Crippen LogP contribution in [0.5, 0.6) is 11.5 Å². The van der Waals surface area contributed by atoms with Gasteiger partial charge in [0.05, 0.1) is 25.5 Å². The molecule has 12 heteroatoms. The molecule has 2 amide bonds. The van der Waals surface area contributed by atoms with Crippen LogP contribution in [-0.4, -0.2) is 56.0 Å². The van der Waals surface area contributed by atoms with E-state index in [1.54, 1.807) is 6.07 Å². The van der Waals surface area contributed by atoms with E-state index in [2.05, 4.69) is 32.1 Å². The standard InChI is InChI=1S/C26H25F2N5O5/c1-35-19-12-20(36-2)22(28)17(21(19)27)9-7-15-13-29-25(30-14-15)32-26(34)33-11-5-6-16-8-10-18(31-23(16)33)24(37-3)38-4/h8,10,12-14,24H,5-6,11H2,1-4H3,(H,29,30,32,34). The van der Waals surface area contributed by atoms with Crippen molar-refractivity contribution in [3.8, 4) is 23.3 Å². The van der Waals surface area contributed by atoms with E-state index in [4.69, 9.17) is 18.9 Å². The molecule has 1 N–H and O–H groups in total. The van der Waals surface area contributed by atoms with Crippen molar-refractivity contribution in [2.24, 2.45) is 0 Å². The number of anilines is 2. The Morgan fingerprint density at radius 1 is 1.03 bits per heavy atom. The van der Waals surface area contributed by atoms with E-state index in [-0.39, 0.29) is 23.0 Å². The van der Waals surface area contributed by atoms with E-state index in [0.717, 1.165) is 24.5 Å². The van der Waals surface area contributed by atoms with Gasteiger partial charge in [0.25, 0.3) is 0 Å². The summed E-state index contributed by atoms with van der Waals surface area (Å²) < 4.78 is 49.4. The van der Waals surface area contributed by atoms with Gasteiger partial charge in [-0.1, -0.05) is 17.9 Å². The van der Waals surface area contributed by atoms with Crippen LogP contribution in [0.4, 0.5) is 25.3 Å². The number of pyridine rings is 1. The average molecular weight is 526 g/mol. The van der Waals surface area contributed by atoms with E-state index in [0.29, 0.717) is 18.1 Å². The zero-order valence-corrected chi connectivity index (χ0v) is 21.2. The maximum absolute atomic E-state index is 14.5. The maximum atomic E-state index is 14.5. The minimum absolute atomic E-state index is 0.0240. The first kappa shape index (κ1) is 26.7. The molecule has 0 spiro atoms. The van der Waals surface area contributed by atoms with Crippen LogP contribution in [0.25, 0.3) is 0 Å². The summed E-state index contributed by atoms with van der Waals surface area (Å²) in [6.45, 7) is 0.449. The molecule has 1 aliphatic rings. The number of aromatic nitrogens is 3. The van der Waals surface area contributed by atoms with Gasteiger partial charge >= 0.3 is 6.03 Å². The summed E-state index contributed by atoms with van der Waals surface area (Å²) >= 11 is 0. The second-order valence-corrected chi connectivity index (χ2v) is 8.04. The predicted molar refractivity (Wildman–Crippen MR) is 133 cm³/mol. The number of amides is 2. The summed E-state index contributed by atoms with van der Waals surface area (Å²) in [5.41, 5.74) is 1.21. The fraction of sp³-hybridized carbons (Fsp3) is 0.308. The molecule has 0 unspecified atom stereocenters. The van der Waals surface area contributed by atoms with E-state index < -0.39 is 29.5 Å². The summed E-state index contributed by atoms with van der Waals surface area (Å²) in [5.74, 6) is 3.24. The Morgan fingerprint density at radius 2 is 1.68 bits per heavy atom. The number of nitrogens with one attached hydrogen (secondary N) is 1. The van der Waals surface area contributed by atoms with Crippen LogP contribution in [0.15, 0.2) is 30.6 Å². The highest BCUT2D eigenvalue weighted by molar-refractivity contribution is 6.00. The second kappa shape index (κ2) is 11.8. The number of fused-ring (bicyclic) bond motifs is 1. The van der Waals surface area contributed by atoms with Gasteiger partial charge in [-0.05, 0) is 24.5 Å². The Hall–Kier alpha value is -4.34. The van der Waals surface area contributed by atoms with Gasteiger partial charge in [0.2, 0.25) is 12.2 Å². The number of rotatable bonds is 6. The quantitative estimate of drug-likeness (QED) is 0.382. The van der Waals surface area contributed by atoms with Crippen LogP contribution in [0.2, 0.25) is 0 Å². The molecule has 38 heavy (non-hydrogen) atoms. The molecule has 0 fully saturated rings. The van der Waals surface area contributed by atoms with Crippen molar-refractivity contribution in [3.63, 3.8) is 0 Å². The van der Waals surface area contributed by atoms with E-state index >= 15 is 0 Å². The number of benzene rings is 1. The summed E-state index contributed by atoms with van der Waals surface area (Å²) in [6, 6.07) is 4.34. The fourth-order valence-electron chi connectivity index (χ4n) is 3.87. The van der Waals surface area contributed by atoms with Gasteiger partial charge in [-0.15, -0.1) is 0 Å². The van der Waals surface area contributed by atoms with Gasteiger partial charge in [0.1, 0.15) is 11.4 Å². The van der Waals surface area contributed by atoms with Crippen molar-refractivity contribution >= 4 is 17.8 Å². The number of carbonyl (C=O) groups excluding carboxylic acids is 1. The minimum Gasteiger partial charge on any atom is -0.493 e. The normalized spacial score (nSPS) is 12.4. The smallest absolute Gasteiger partial charge is 0.329 e. The van der Waals surface area contributed by atoms with Gasteiger partial charge in [0.15, 0.2) is 23.1 Å². The molecule has 1 aromatic carbocycles. The van der Waals surface area contributed by atoms with Gasteiger partial charge in [-0.3, -0.25) is 10.2 Å². The fourth-order valence-corrected chi connectivity index (χ4v) is 3.87. The number of aryl methyl sites for hydroxylation is 1. The van der Waals surface area contributed by atoms with Crippen LogP contribution in [0.3, 0.4) is 0 Å². The van der Waals surface area contributed by atoms with Crippen molar-refractivity contribution in [1.29, 1.82) is 0 Å². The number of hydrogen-bond acceptors (Lipinski definition) is 8. The molecular formula is C26H25F2N5O5. The molecule has 0 radical (unpaired) electrons. The van der Waals surface area contributed by atoms with Crippen LogP contribution in [-0.2, 0) is 15.9 Å². The highest BCUT2D eigenvalue weighted by Crippen LogP contribution is 2.31. The first-order chi connectivity index (χ1) is 18.4. The molecule has 4 rings (SSSR count). The van der Waals surface area contributed by atoms with E-state index in [9.17, 15) is 13.6 Å². The van der Waals surface area contributed by atoms with E-state index in [1.807, 2.05) is 6.07 Å². The number of halogens is 2. The average Bonchev–Trinajstić information content (AvgIpc) is 2.94. The summed E-state index contributed by atoms with van der Waals surface area (Å²) in [7, 11) is 5.51. The van der Waals surface area contributed by atoms with Gasteiger partial charge in [-0.25, -0.2) is 28.5 Å². The molecule has 0 aliphatic carbocycles. The Bertz CT molecular complexity index is 1360. The lowest BCUT2D eigenvalue weighted by Crippen LogP contribution is -2.40. The predicted octanol–water partition coefficient (Wildman–Crippen LogP) is 3.84. The highest BCUT2D eigenvalue weighted by Gasteiger charge is 2.26. The minimum atomic E-state index is -0.955. The maximum Gasteiger partial charge on any atom is 0.329 e. The van der Waals surface area contributed by atoms with Crippen molar-refractivity contribution in [3.05, 3.63) is 64.6 Å². The molecule has 0 saturated carbocycles. The topological polar surface area (TPSA) is 108 Å². The third-order valence-electron chi connectivity index (χ3n) is 5.75. The van der Waals surface area contributed by atoms with Crippen LogP contribution < -0.4 is 19.7 Å². The second-order valence-electron chi connectivity index (χ2n) is 8.04. The van der Waals surface area contributed by atoms with Gasteiger partial charge in [0, 0.05) is 39.2 Å². The highest BCUT2D eigenvalue weighted by atomic mass is 19.1. The van der Waals surface area contributed by atoms with Crippen molar-refractivity contribution < 1.29 is 32.5 Å². The zero-order valence-electron chi connectivity index (χ0n) is 21.2. The molecule has 0 bridgehead atoms. The molecule has 2 aromatic heterocycles. The Balaban J connectivity index is 1.52. The molecule has 0 atom stereocenters. The van der Waals surface area contributed by atoms with Crippen LogP contribution in [0, 0.1) is 23.5 Å².